The number of nitrogens with two attached hydrogens (primary N) is 6. The van der Waals surface area contributed by atoms with Crippen molar-refractivity contribution in [2.75, 3.05) is 0 Å². The molecule has 0 aromatic heterocycles. The molecule has 0 aliphatic carbocycles. The van der Waals surface area contributed by atoms with Crippen molar-refractivity contribution in [3.63, 3.8) is 0 Å². The van der Waals surface area contributed by atoms with Gasteiger partial charge >= 0.3 is 7.82 Å². The molecule has 0 aromatic rings. The standard InChI is InChI=1S/3CH6N4.H3O4P/c3*2-1(3)5-4;1-5(2,3)4/h3*4H2,(H4,2,3,5);(H3,1,2,3,4). The van der Waals surface area contributed by atoms with Crippen molar-refractivity contribution >= 4 is 25.7 Å². The van der Waals surface area contributed by atoms with Gasteiger partial charge in [0, 0.05) is 0 Å². The Morgan fingerprint density at radius 3 is 0.800 bits per heavy atom. The molecule has 0 saturated carbocycles. The van der Waals surface area contributed by atoms with Crippen molar-refractivity contribution in [1.29, 1.82) is 16.2 Å². The van der Waals surface area contributed by atoms with Crippen LogP contribution in [0.25, 0.3) is 0 Å². The summed E-state index contributed by atoms with van der Waals surface area (Å²) in [6, 6.07) is 0. The third kappa shape index (κ3) is 240. The molecule has 0 aliphatic heterocycles. The normalized spacial score (nSPS) is 7.90. The van der Waals surface area contributed by atoms with E-state index in [1.807, 2.05) is 16.3 Å². The number of rotatable bonds is 0. The van der Waals surface area contributed by atoms with Gasteiger partial charge in [-0.05, 0) is 0 Å². The molecule has 0 aliphatic rings. The number of hydrogen-bond acceptors (Lipinski definition) is 7. The minimum absolute atomic E-state index is 0.218. The fourth-order valence-corrected chi connectivity index (χ4v) is 0. The average molecular weight is 320 g/mol. The lowest BCUT2D eigenvalue weighted by atomic mass is 11.1. The summed E-state index contributed by atoms with van der Waals surface area (Å²) in [6.45, 7) is 0. The predicted molar refractivity (Wildman–Crippen MR) is 72.0 cm³/mol. The first-order valence-electron chi connectivity index (χ1n) is 4.01. The first-order valence-corrected chi connectivity index (χ1v) is 5.58. The van der Waals surface area contributed by atoms with Crippen LogP contribution in [-0.2, 0) is 4.57 Å². The van der Waals surface area contributed by atoms with Crippen LogP contribution in [0, 0.1) is 16.2 Å². The van der Waals surface area contributed by atoms with Crippen molar-refractivity contribution in [2.45, 2.75) is 0 Å². The molecule has 20 heavy (non-hydrogen) atoms. The summed E-state index contributed by atoms with van der Waals surface area (Å²) < 4.78 is 8.88. The van der Waals surface area contributed by atoms with E-state index in [2.05, 4.69) is 34.7 Å². The van der Waals surface area contributed by atoms with E-state index >= 15 is 0 Å². The van der Waals surface area contributed by atoms with Crippen LogP contribution in [0.1, 0.15) is 0 Å². The molecule has 0 aromatic carbocycles. The van der Waals surface area contributed by atoms with Crippen molar-refractivity contribution in [2.24, 2.45) is 34.7 Å². The lowest BCUT2D eigenvalue weighted by molar-refractivity contribution is 0.275. The smallest absolute Gasteiger partial charge is 0.369 e. The molecule has 0 fully saturated rings. The molecule has 16 nitrogen and oxygen atoms in total. The third-order valence-electron chi connectivity index (χ3n) is 0.467. The van der Waals surface area contributed by atoms with Gasteiger partial charge in [0.15, 0.2) is 17.9 Å². The number of nitrogens with one attached hydrogen (secondary N) is 6. The van der Waals surface area contributed by atoms with E-state index in [0.29, 0.717) is 0 Å². The van der Waals surface area contributed by atoms with Gasteiger partial charge < -0.3 is 31.9 Å². The first kappa shape index (κ1) is 26.4. The molecule has 0 atom stereocenters. The average Bonchev–Trinajstić information content (AvgIpc) is 2.28. The van der Waals surface area contributed by atoms with Crippen LogP contribution in [0.5, 0.6) is 0 Å². The molecular weight excluding hydrogens is 299 g/mol. The summed E-state index contributed by atoms with van der Waals surface area (Å²) in [7, 11) is -4.64. The summed E-state index contributed by atoms with van der Waals surface area (Å²) in [5.74, 6) is 13.1. The van der Waals surface area contributed by atoms with E-state index in [9.17, 15) is 0 Å². The highest BCUT2D eigenvalue weighted by molar-refractivity contribution is 7.45. The highest BCUT2D eigenvalue weighted by Gasteiger charge is 2.00. The molecule has 21 N–H and O–H groups in total. The maximum atomic E-state index is 8.88. The highest BCUT2D eigenvalue weighted by Crippen LogP contribution is 2.25. The van der Waals surface area contributed by atoms with E-state index in [1.54, 1.807) is 0 Å². The zero-order chi connectivity index (χ0) is 17.4. The van der Waals surface area contributed by atoms with E-state index in [0.717, 1.165) is 0 Å². The number of guanidine groups is 3. The Kier molecular flexibility index (Phi) is 22.2. The van der Waals surface area contributed by atoms with Gasteiger partial charge in [-0.1, -0.05) is 0 Å². The van der Waals surface area contributed by atoms with Gasteiger partial charge in [0.2, 0.25) is 0 Å². The summed E-state index contributed by atoms with van der Waals surface area (Å²) in [4.78, 5) is 21.6. The lowest BCUT2D eigenvalue weighted by Crippen LogP contribution is -2.35. The Hall–Kier alpha value is -2.20. The monoisotopic (exact) mass is 320 g/mol. The van der Waals surface area contributed by atoms with E-state index < -0.39 is 7.82 Å². The van der Waals surface area contributed by atoms with Crippen LogP contribution in [0.15, 0.2) is 0 Å². The number of phosphoric acid groups is 1. The molecule has 0 bridgehead atoms. The second-order valence-electron chi connectivity index (χ2n) is 2.19. The van der Waals surface area contributed by atoms with E-state index in [-0.39, 0.29) is 17.9 Å². The van der Waals surface area contributed by atoms with Crippen LogP contribution < -0.4 is 51.0 Å². The fraction of sp³-hybridized carbons (Fsp3) is 0. The molecule has 0 unspecified atom stereocenters. The molecule has 122 valence electrons. The Morgan fingerprint density at radius 2 is 0.800 bits per heavy atom. The van der Waals surface area contributed by atoms with Gasteiger partial charge in [0.05, 0.1) is 0 Å². The summed E-state index contributed by atoms with van der Waals surface area (Å²) in [5.41, 5.74) is 19.6. The second-order valence-corrected chi connectivity index (χ2v) is 3.21. The molecule has 0 rings (SSSR count). The van der Waals surface area contributed by atoms with E-state index in [4.69, 9.17) is 35.5 Å². The molecule has 0 spiro atoms. The van der Waals surface area contributed by atoms with Crippen LogP contribution in [0.3, 0.4) is 0 Å². The Bertz CT molecular complexity index is 272. The van der Waals surface area contributed by atoms with Crippen LogP contribution >= 0.6 is 7.82 Å². The topological polar surface area (TPSA) is 342 Å². The van der Waals surface area contributed by atoms with Crippen LogP contribution in [-0.4, -0.2) is 32.6 Å². The summed E-state index contributed by atoms with van der Waals surface area (Å²) in [6.07, 6.45) is 0. The third-order valence-corrected chi connectivity index (χ3v) is 0.467. The second kappa shape index (κ2) is 16.8. The Labute approximate surface area is 113 Å². The highest BCUT2D eigenvalue weighted by atomic mass is 31.2. The quantitative estimate of drug-likeness (QED) is 0.0649. The summed E-state index contributed by atoms with van der Waals surface area (Å²) in [5, 5.41) is 18.9. The molecule has 0 amide bonds. The van der Waals surface area contributed by atoms with E-state index in [1.165, 1.54) is 0 Å². The molecule has 0 radical (unpaired) electrons. The van der Waals surface area contributed by atoms with Crippen molar-refractivity contribution < 1.29 is 19.2 Å². The number of hydrogen-bond donors (Lipinski definition) is 15. The maximum Gasteiger partial charge on any atom is 0.466 e. The van der Waals surface area contributed by atoms with Gasteiger partial charge in [0.1, 0.15) is 0 Å². The van der Waals surface area contributed by atoms with Crippen molar-refractivity contribution in [3.8, 4) is 0 Å². The molecule has 0 heterocycles. The minimum atomic E-state index is -4.64. The Balaban J connectivity index is -0.0000000853. The lowest BCUT2D eigenvalue weighted by Gasteiger charge is -1.85. The first-order chi connectivity index (χ1) is 8.81. The zero-order valence-corrected chi connectivity index (χ0v) is 11.1. The molecule has 17 heteroatoms. The van der Waals surface area contributed by atoms with Gasteiger partial charge in [0.25, 0.3) is 0 Å². The van der Waals surface area contributed by atoms with Gasteiger partial charge in [-0.25, -0.2) is 22.1 Å². The molecule has 0 saturated heterocycles. The van der Waals surface area contributed by atoms with Gasteiger partial charge in [-0.2, -0.15) is 0 Å². The number of hydrazine groups is 3. The largest absolute Gasteiger partial charge is 0.466 e. The molecular formula is C3H21N12O4P. The minimum Gasteiger partial charge on any atom is -0.369 e. The Morgan fingerprint density at radius 1 is 0.750 bits per heavy atom. The maximum absolute atomic E-state index is 8.88. The summed E-state index contributed by atoms with van der Waals surface area (Å²) >= 11 is 0. The van der Waals surface area contributed by atoms with Crippen molar-refractivity contribution in [1.82, 2.24) is 16.3 Å². The predicted octanol–water partition coefficient (Wildman–Crippen LogP) is -5.90. The van der Waals surface area contributed by atoms with Crippen LogP contribution in [0.2, 0.25) is 0 Å². The zero-order valence-electron chi connectivity index (χ0n) is 10.2. The van der Waals surface area contributed by atoms with Crippen LogP contribution in [0.4, 0.5) is 0 Å². The van der Waals surface area contributed by atoms with Gasteiger partial charge in [-0.15, -0.1) is 0 Å². The van der Waals surface area contributed by atoms with Crippen molar-refractivity contribution in [3.05, 3.63) is 0 Å². The SMILES string of the molecule is N=C(N)NN.N=C(N)NN.N=C(N)NN.O=P(O)(O)O. The fourth-order valence-electron chi connectivity index (χ4n) is 0. The van der Waals surface area contributed by atoms with Gasteiger partial charge in [-0.3, -0.25) is 32.5 Å².